The predicted octanol–water partition coefficient (Wildman–Crippen LogP) is 3.06. The van der Waals surface area contributed by atoms with Crippen molar-refractivity contribution >= 4 is 21.6 Å². The van der Waals surface area contributed by atoms with Gasteiger partial charge in [-0.05, 0) is 24.6 Å². The minimum Gasteiger partial charge on any atom is -0.490 e. The molecular formula is C11H14BrNO. The minimum atomic E-state index is 0.800. The lowest BCUT2D eigenvalue weighted by atomic mass is 10.2. The molecule has 0 unspecified atom stereocenters. The summed E-state index contributed by atoms with van der Waals surface area (Å²) in [7, 11) is 0. The summed E-state index contributed by atoms with van der Waals surface area (Å²) in [5, 5.41) is 0. The van der Waals surface area contributed by atoms with Gasteiger partial charge in [0.25, 0.3) is 0 Å². The number of rotatable bonds is 2. The SMILES string of the molecule is CCCN1CCOc2ccc(Br)cc21. The zero-order valence-electron chi connectivity index (χ0n) is 8.29. The van der Waals surface area contributed by atoms with Gasteiger partial charge >= 0.3 is 0 Å². The van der Waals surface area contributed by atoms with Crippen molar-refractivity contribution in [2.24, 2.45) is 0 Å². The summed E-state index contributed by atoms with van der Waals surface area (Å²) in [6.07, 6.45) is 1.17. The lowest BCUT2D eigenvalue weighted by molar-refractivity contribution is 0.307. The first kappa shape index (κ1) is 9.84. The highest BCUT2D eigenvalue weighted by Crippen LogP contribution is 2.33. The van der Waals surface area contributed by atoms with Crippen molar-refractivity contribution < 1.29 is 4.74 Å². The maximum atomic E-state index is 5.59. The van der Waals surface area contributed by atoms with Gasteiger partial charge in [-0.1, -0.05) is 22.9 Å². The third-order valence-corrected chi connectivity index (χ3v) is 2.87. The van der Waals surface area contributed by atoms with Gasteiger partial charge in [-0.15, -0.1) is 0 Å². The fourth-order valence-corrected chi connectivity index (χ4v) is 2.10. The van der Waals surface area contributed by atoms with Gasteiger partial charge in [0, 0.05) is 11.0 Å². The third-order valence-electron chi connectivity index (χ3n) is 2.37. The molecule has 1 heterocycles. The van der Waals surface area contributed by atoms with Crippen molar-refractivity contribution in [3.05, 3.63) is 22.7 Å². The van der Waals surface area contributed by atoms with E-state index in [1.54, 1.807) is 0 Å². The van der Waals surface area contributed by atoms with E-state index in [1.807, 2.05) is 12.1 Å². The topological polar surface area (TPSA) is 12.5 Å². The first-order chi connectivity index (χ1) is 6.81. The Labute approximate surface area is 93.0 Å². The fourth-order valence-electron chi connectivity index (χ4n) is 1.75. The Hall–Kier alpha value is -0.700. The molecule has 0 bridgehead atoms. The second-order valence-electron chi connectivity index (χ2n) is 3.45. The normalized spacial score (nSPS) is 14.9. The van der Waals surface area contributed by atoms with Crippen LogP contribution in [0.4, 0.5) is 5.69 Å². The predicted molar refractivity (Wildman–Crippen MR) is 62.1 cm³/mol. The molecule has 3 heteroatoms. The monoisotopic (exact) mass is 255 g/mol. The minimum absolute atomic E-state index is 0.800. The first-order valence-corrected chi connectivity index (χ1v) is 5.78. The molecule has 1 aromatic rings. The van der Waals surface area contributed by atoms with Crippen molar-refractivity contribution in [1.82, 2.24) is 0 Å². The van der Waals surface area contributed by atoms with E-state index in [-0.39, 0.29) is 0 Å². The smallest absolute Gasteiger partial charge is 0.142 e. The van der Waals surface area contributed by atoms with Crippen LogP contribution >= 0.6 is 15.9 Å². The molecule has 1 aromatic carbocycles. The highest BCUT2D eigenvalue weighted by molar-refractivity contribution is 9.10. The number of anilines is 1. The standard InChI is InChI=1S/C11H14BrNO/c1-2-5-13-6-7-14-11-4-3-9(12)8-10(11)13/h3-4,8H,2,5-7H2,1H3. The molecule has 0 radical (unpaired) electrons. The van der Waals surface area contributed by atoms with Crippen molar-refractivity contribution in [1.29, 1.82) is 0 Å². The lowest BCUT2D eigenvalue weighted by Crippen LogP contribution is -2.33. The number of halogens is 1. The number of hydrogen-bond donors (Lipinski definition) is 0. The van der Waals surface area contributed by atoms with Crippen LogP contribution in [0.15, 0.2) is 22.7 Å². The summed E-state index contributed by atoms with van der Waals surface area (Å²) in [4.78, 5) is 2.38. The molecule has 1 aliphatic heterocycles. The zero-order valence-corrected chi connectivity index (χ0v) is 9.88. The molecule has 0 atom stereocenters. The number of fused-ring (bicyclic) bond motifs is 1. The van der Waals surface area contributed by atoms with Gasteiger partial charge < -0.3 is 9.64 Å². The molecule has 14 heavy (non-hydrogen) atoms. The van der Waals surface area contributed by atoms with E-state index >= 15 is 0 Å². The van der Waals surface area contributed by atoms with Crippen LogP contribution < -0.4 is 9.64 Å². The van der Waals surface area contributed by atoms with Crippen molar-refractivity contribution in [3.8, 4) is 5.75 Å². The molecule has 2 rings (SSSR count). The largest absolute Gasteiger partial charge is 0.490 e. The Bertz CT molecular complexity index is 327. The third kappa shape index (κ3) is 1.87. The maximum absolute atomic E-state index is 5.59. The second-order valence-corrected chi connectivity index (χ2v) is 4.36. The number of hydrogen-bond acceptors (Lipinski definition) is 2. The number of ether oxygens (including phenoxy) is 1. The van der Waals surface area contributed by atoms with Crippen LogP contribution in [0.1, 0.15) is 13.3 Å². The van der Waals surface area contributed by atoms with Crippen LogP contribution in [0.5, 0.6) is 5.75 Å². The highest BCUT2D eigenvalue weighted by atomic mass is 79.9. The second kappa shape index (κ2) is 4.22. The summed E-state index contributed by atoms with van der Waals surface area (Å²) in [6.45, 7) is 5.10. The molecule has 76 valence electrons. The zero-order chi connectivity index (χ0) is 9.97. The maximum Gasteiger partial charge on any atom is 0.142 e. The summed E-state index contributed by atoms with van der Waals surface area (Å²) in [5.41, 5.74) is 1.22. The quantitative estimate of drug-likeness (QED) is 0.806. The van der Waals surface area contributed by atoms with E-state index in [2.05, 4.69) is 33.8 Å². The Morgan fingerprint density at radius 3 is 3.14 bits per heavy atom. The van der Waals surface area contributed by atoms with E-state index < -0.39 is 0 Å². The highest BCUT2D eigenvalue weighted by Gasteiger charge is 2.16. The molecule has 0 fully saturated rings. The van der Waals surface area contributed by atoms with Gasteiger partial charge in [-0.3, -0.25) is 0 Å². The molecular weight excluding hydrogens is 242 g/mol. The molecule has 1 aliphatic rings. The molecule has 0 N–H and O–H groups in total. The average molecular weight is 256 g/mol. The van der Waals surface area contributed by atoms with Gasteiger partial charge in [0.05, 0.1) is 12.2 Å². The molecule has 0 spiro atoms. The summed E-state index contributed by atoms with van der Waals surface area (Å²) >= 11 is 3.49. The molecule has 0 saturated heterocycles. The Morgan fingerprint density at radius 2 is 2.36 bits per heavy atom. The van der Waals surface area contributed by atoms with Crippen LogP contribution in [0.2, 0.25) is 0 Å². The summed E-state index contributed by atoms with van der Waals surface area (Å²) < 4.78 is 6.71. The van der Waals surface area contributed by atoms with Crippen molar-refractivity contribution in [2.45, 2.75) is 13.3 Å². The average Bonchev–Trinajstić information content (AvgIpc) is 2.19. The summed E-state index contributed by atoms with van der Waals surface area (Å²) in [5.74, 6) is 1.01. The van der Waals surface area contributed by atoms with E-state index in [9.17, 15) is 0 Å². The Morgan fingerprint density at radius 1 is 1.50 bits per heavy atom. The molecule has 0 amide bonds. The molecule has 2 nitrogen and oxygen atoms in total. The van der Waals surface area contributed by atoms with Crippen LogP contribution in [-0.2, 0) is 0 Å². The van der Waals surface area contributed by atoms with E-state index in [0.29, 0.717) is 0 Å². The lowest BCUT2D eigenvalue weighted by Gasteiger charge is -2.31. The van der Waals surface area contributed by atoms with Crippen LogP contribution in [0.3, 0.4) is 0 Å². The van der Waals surface area contributed by atoms with Gasteiger partial charge in [-0.2, -0.15) is 0 Å². The Balaban J connectivity index is 2.32. The fraction of sp³-hybridized carbons (Fsp3) is 0.455. The van der Waals surface area contributed by atoms with E-state index in [4.69, 9.17) is 4.74 Å². The van der Waals surface area contributed by atoms with E-state index in [1.165, 1.54) is 12.1 Å². The number of benzene rings is 1. The van der Waals surface area contributed by atoms with Gasteiger partial charge in [0.1, 0.15) is 12.4 Å². The molecule has 0 aliphatic carbocycles. The van der Waals surface area contributed by atoms with Crippen LogP contribution in [-0.4, -0.2) is 19.7 Å². The van der Waals surface area contributed by atoms with Gasteiger partial charge in [-0.25, -0.2) is 0 Å². The van der Waals surface area contributed by atoms with Crippen LogP contribution in [0.25, 0.3) is 0 Å². The van der Waals surface area contributed by atoms with Gasteiger partial charge in [0.2, 0.25) is 0 Å². The van der Waals surface area contributed by atoms with Crippen molar-refractivity contribution in [3.63, 3.8) is 0 Å². The Kier molecular flexibility index (Phi) is 2.96. The summed E-state index contributed by atoms with van der Waals surface area (Å²) in [6, 6.07) is 6.18. The van der Waals surface area contributed by atoms with Crippen LogP contribution in [0, 0.1) is 0 Å². The first-order valence-electron chi connectivity index (χ1n) is 4.98. The molecule has 0 saturated carbocycles. The molecule has 0 aromatic heterocycles. The van der Waals surface area contributed by atoms with Crippen molar-refractivity contribution in [2.75, 3.05) is 24.6 Å². The number of nitrogens with zero attached hydrogens (tertiary/aromatic N) is 1. The van der Waals surface area contributed by atoms with Gasteiger partial charge in [0.15, 0.2) is 0 Å². The van der Waals surface area contributed by atoms with E-state index in [0.717, 1.165) is 29.9 Å².